The highest BCUT2D eigenvalue weighted by molar-refractivity contribution is 14.0. The molecule has 0 bridgehead atoms. The number of nitrogens with zero attached hydrogens (tertiary/aromatic N) is 1. The fraction of sp³-hybridized carbons (Fsp3) is 0.450. The SMILES string of the molecule is CCNC(=NCC(C)(O)c1cc(C)oc1C)NCCc1ccc(S(N)(=O)=O)cc1.I. The maximum Gasteiger partial charge on any atom is 0.238 e. The summed E-state index contributed by atoms with van der Waals surface area (Å²) in [6.45, 7) is 8.79. The van der Waals surface area contributed by atoms with Gasteiger partial charge in [0.05, 0.1) is 11.4 Å². The second-order valence-electron chi connectivity index (χ2n) is 7.16. The van der Waals surface area contributed by atoms with Gasteiger partial charge >= 0.3 is 0 Å². The number of primary sulfonamides is 1. The van der Waals surface area contributed by atoms with Crippen molar-refractivity contribution in [2.45, 2.75) is 44.6 Å². The van der Waals surface area contributed by atoms with Crippen LogP contribution in [0.5, 0.6) is 0 Å². The van der Waals surface area contributed by atoms with E-state index in [4.69, 9.17) is 9.56 Å². The Morgan fingerprint density at radius 2 is 1.87 bits per heavy atom. The smallest absolute Gasteiger partial charge is 0.238 e. The lowest BCUT2D eigenvalue weighted by atomic mass is 9.96. The molecular formula is C20H31IN4O4S. The van der Waals surface area contributed by atoms with Crippen LogP contribution in [0.25, 0.3) is 0 Å². The van der Waals surface area contributed by atoms with Crippen LogP contribution in [0.3, 0.4) is 0 Å². The Balaban J connectivity index is 0.00000450. The van der Waals surface area contributed by atoms with Crippen molar-refractivity contribution in [2.75, 3.05) is 19.6 Å². The average molecular weight is 550 g/mol. The summed E-state index contributed by atoms with van der Waals surface area (Å²) in [5.74, 6) is 2.02. The Hall–Kier alpha value is -1.63. The Morgan fingerprint density at radius 3 is 2.37 bits per heavy atom. The van der Waals surface area contributed by atoms with E-state index in [0.29, 0.717) is 31.2 Å². The summed E-state index contributed by atoms with van der Waals surface area (Å²) in [7, 11) is -3.68. The summed E-state index contributed by atoms with van der Waals surface area (Å²) in [4.78, 5) is 4.59. The molecule has 0 aliphatic heterocycles. The van der Waals surface area contributed by atoms with Crippen molar-refractivity contribution in [3.63, 3.8) is 0 Å². The summed E-state index contributed by atoms with van der Waals surface area (Å²) in [5, 5.41) is 22.3. The molecule has 1 aromatic heterocycles. The van der Waals surface area contributed by atoms with Crippen LogP contribution < -0.4 is 15.8 Å². The fourth-order valence-electron chi connectivity index (χ4n) is 3.00. The van der Waals surface area contributed by atoms with Gasteiger partial charge in [0, 0.05) is 18.7 Å². The third-order valence-corrected chi connectivity index (χ3v) is 5.40. The molecule has 0 saturated heterocycles. The van der Waals surface area contributed by atoms with Gasteiger partial charge in [-0.2, -0.15) is 0 Å². The van der Waals surface area contributed by atoms with Crippen LogP contribution in [-0.2, 0) is 22.0 Å². The first-order chi connectivity index (χ1) is 13.5. The maximum atomic E-state index is 11.3. The van der Waals surface area contributed by atoms with Gasteiger partial charge in [0.1, 0.15) is 17.1 Å². The van der Waals surface area contributed by atoms with Gasteiger partial charge in [0.2, 0.25) is 10.0 Å². The Bertz CT molecular complexity index is 954. The minimum atomic E-state index is -3.68. The maximum absolute atomic E-state index is 11.3. The first-order valence-corrected chi connectivity index (χ1v) is 11.0. The average Bonchev–Trinajstić information content (AvgIpc) is 2.98. The van der Waals surface area contributed by atoms with E-state index in [-0.39, 0.29) is 35.4 Å². The van der Waals surface area contributed by atoms with Crippen molar-refractivity contribution >= 4 is 40.0 Å². The molecule has 0 aliphatic carbocycles. The molecule has 0 fully saturated rings. The van der Waals surface area contributed by atoms with E-state index in [9.17, 15) is 13.5 Å². The third-order valence-electron chi connectivity index (χ3n) is 4.47. The van der Waals surface area contributed by atoms with Gasteiger partial charge in [-0.05, 0) is 57.9 Å². The quantitative estimate of drug-likeness (QED) is 0.227. The largest absolute Gasteiger partial charge is 0.466 e. The number of aliphatic hydroxyl groups is 1. The van der Waals surface area contributed by atoms with Crippen LogP contribution in [0.15, 0.2) is 44.6 Å². The number of guanidine groups is 1. The zero-order valence-corrected chi connectivity index (χ0v) is 20.9. The molecule has 30 heavy (non-hydrogen) atoms. The number of hydrogen-bond acceptors (Lipinski definition) is 5. The molecule has 0 aliphatic rings. The Morgan fingerprint density at radius 1 is 1.23 bits per heavy atom. The number of nitrogens with two attached hydrogens (primary N) is 1. The first-order valence-electron chi connectivity index (χ1n) is 9.46. The number of hydrogen-bond donors (Lipinski definition) is 4. The van der Waals surface area contributed by atoms with E-state index >= 15 is 0 Å². The van der Waals surface area contributed by atoms with Crippen LogP contribution >= 0.6 is 24.0 Å². The number of aryl methyl sites for hydroxylation is 2. The molecule has 1 atom stereocenters. The number of furan rings is 1. The predicted molar refractivity (Wildman–Crippen MR) is 129 cm³/mol. The molecule has 0 amide bonds. The molecule has 0 radical (unpaired) electrons. The summed E-state index contributed by atoms with van der Waals surface area (Å²) in [6, 6.07) is 8.30. The van der Waals surface area contributed by atoms with E-state index in [1.54, 1.807) is 19.1 Å². The molecule has 2 aromatic rings. The molecule has 1 heterocycles. The van der Waals surface area contributed by atoms with E-state index in [0.717, 1.165) is 16.9 Å². The van der Waals surface area contributed by atoms with Gasteiger partial charge in [-0.15, -0.1) is 24.0 Å². The zero-order valence-electron chi connectivity index (χ0n) is 17.7. The number of rotatable bonds is 8. The van der Waals surface area contributed by atoms with Crippen LogP contribution in [0.2, 0.25) is 0 Å². The molecule has 0 saturated carbocycles. The summed E-state index contributed by atoms with van der Waals surface area (Å²) >= 11 is 0. The molecule has 1 unspecified atom stereocenters. The third kappa shape index (κ3) is 7.56. The normalized spacial score (nSPS) is 14.0. The molecule has 0 spiro atoms. The molecular weight excluding hydrogens is 519 g/mol. The second-order valence-corrected chi connectivity index (χ2v) is 8.72. The highest BCUT2D eigenvalue weighted by Gasteiger charge is 2.27. The van der Waals surface area contributed by atoms with Gasteiger partial charge in [0.15, 0.2) is 5.96 Å². The zero-order chi connectivity index (χ0) is 21.7. The second kappa shape index (κ2) is 11.1. The lowest BCUT2D eigenvalue weighted by Crippen LogP contribution is -2.39. The molecule has 168 valence electrons. The van der Waals surface area contributed by atoms with E-state index < -0.39 is 15.6 Å². The molecule has 1 aromatic carbocycles. The van der Waals surface area contributed by atoms with Crippen LogP contribution in [0.4, 0.5) is 0 Å². The van der Waals surface area contributed by atoms with E-state index in [1.807, 2.05) is 26.8 Å². The molecule has 10 heteroatoms. The number of sulfonamides is 1. The lowest BCUT2D eigenvalue weighted by molar-refractivity contribution is 0.0657. The Labute approximate surface area is 195 Å². The van der Waals surface area contributed by atoms with Crippen molar-refractivity contribution in [1.82, 2.24) is 10.6 Å². The lowest BCUT2D eigenvalue weighted by Gasteiger charge is -2.21. The minimum Gasteiger partial charge on any atom is -0.466 e. The monoisotopic (exact) mass is 550 g/mol. The van der Waals surface area contributed by atoms with E-state index in [2.05, 4.69) is 15.6 Å². The van der Waals surface area contributed by atoms with Gasteiger partial charge in [-0.25, -0.2) is 18.5 Å². The molecule has 2 rings (SSSR count). The topological polar surface area (TPSA) is 130 Å². The van der Waals surface area contributed by atoms with Crippen LogP contribution in [0.1, 0.15) is 36.5 Å². The number of aliphatic imine (C=N–C) groups is 1. The van der Waals surface area contributed by atoms with Crippen LogP contribution in [-0.4, -0.2) is 39.1 Å². The standard InChI is InChI=1S/C20H30N4O4S.HI/c1-5-22-19(24-13-20(4,25)18-12-14(2)28-15(18)3)23-11-10-16-6-8-17(9-7-16)29(21,26)27;/h6-9,12,25H,5,10-11,13H2,1-4H3,(H2,21,26,27)(H2,22,23,24);1H. The van der Waals surface area contributed by atoms with Crippen molar-refractivity contribution in [1.29, 1.82) is 0 Å². The van der Waals surface area contributed by atoms with Gasteiger partial charge in [0.25, 0.3) is 0 Å². The van der Waals surface area contributed by atoms with Gasteiger partial charge in [-0.1, -0.05) is 12.1 Å². The van der Waals surface area contributed by atoms with E-state index in [1.165, 1.54) is 12.1 Å². The summed E-state index contributed by atoms with van der Waals surface area (Å²) < 4.78 is 28.1. The van der Waals surface area contributed by atoms with Crippen molar-refractivity contribution in [3.05, 3.63) is 53.0 Å². The highest BCUT2D eigenvalue weighted by Crippen LogP contribution is 2.27. The minimum absolute atomic E-state index is 0. The Kier molecular flexibility index (Phi) is 9.79. The summed E-state index contributed by atoms with van der Waals surface area (Å²) in [5.41, 5.74) is 0.551. The van der Waals surface area contributed by atoms with Crippen molar-refractivity contribution in [3.8, 4) is 0 Å². The molecule has 8 nitrogen and oxygen atoms in total. The highest BCUT2D eigenvalue weighted by atomic mass is 127. The van der Waals surface area contributed by atoms with Crippen LogP contribution in [0, 0.1) is 13.8 Å². The molecule has 5 N–H and O–H groups in total. The first kappa shape index (κ1) is 26.4. The van der Waals surface area contributed by atoms with Gasteiger partial charge < -0.3 is 20.2 Å². The van der Waals surface area contributed by atoms with Gasteiger partial charge in [-0.3, -0.25) is 0 Å². The summed E-state index contributed by atoms with van der Waals surface area (Å²) in [6.07, 6.45) is 0.672. The predicted octanol–water partition coefficient (Wildman–Crippen LogP) is 2.17. The van der Waals surface area contributed by atoms with Crippen molar-refractivity contribution < 1.29 is 17.9 Å². The number of halogens is 1. The number of benzene rings is 1. The van der Waals surface area contributed by atoms with Crippen molar-refractivity contribution in [2.24, 2.45) is 10.1 Å². The fourth-order valence-corrected chi connectivity index (χ4v) is 3.51. The number of nitrogens with one attached hydrogen (secondary N) is 2.